The minimum absolute atomic E-state index is 0.447. The molecule has 10 heavy (non-hydrogen) atoms. The third kappa shape index (κ3) is 1.37. The molecular formula is C6H8N2O2+2. The normalized spacial score (nSPS) is 9.30. The van der Waals surface area contributed by atoms with E-state index in [9.17, 15) is 4.91 Å². The second kappa shape index (κ2) is 3.05. The van der Waals surface area contributed by atoms with Crippen molar-refractivity contribution in [1.29, 1.82) is 0 Å². The van der Waals surface area contributed by atoms with E-state index in [1.165, 1.54) is 0 Å². The molecule has 4 N–H and O–H groups in total. The molecule has 0 unspecified atom stereocenters. The maximum atomic E-state index is 10.1. The molecule has 4 nitrogen and oxygen atoms in total. The number of hydrogen-bond acceptors (Lipinski definition) is 2. The number of nitrogens with two attached hydrogens (primary N) is 1. The molecule has 1 aromatic carbocycles. The van der Waals surface area contributed by atoms with E-state index in [4.69, 9.17) is 5.21 Å². The van der Waals surface area contributed by atoms with Crippen LogP contribution in [0.25, 0.3) is 0 Å². The van der Waals surface area contributed by atoms with E-state index >= 15 is 0 Å². The van der Waals surface area contributed by atoms with Crippen molar-refractivity contribution >= 4 is 11.4 Å². The van der Waals surface area contributed by atoms with Crippen LogP contribution in [-0.4, -0.2) is 5.21 Å². The molecule has 0 amide bonds. The summed E-state index contributed by atoms with van der Waals surface area (Å²) in [7, 11) is 0. The van der Waals surface area contributed by atoms with Crippen molar-refractivity contribution in [2.24, 2.45) is 0 Å². The minimum Gasteiger partial charge on any atom is -0.215 e. The van der Waals surface area contributed by atoms with Crippen molar-refractivity contribution in [3.63, 3.8) is 0 Å². The third-order valence-electron chi connectivity index (χ3n) is 1.15. The van der Waals surface area contributed by atoms with Gasteiger partial charge in [-0.2, -0.15) is 5.48 Å². The van der Waals surface area contributed by atoms with Crippen molar-refractivity contribution in [2.45, 2.75) is 0 Å². The quantitative estimate of drug-likeness (QED) is 0.355. The first kappa shape index (κ1) is 6.85. The molecule has 0 aromatic heterocycles. The van der Waals surface area contributed by atoms with Crippen molar-refractivity contribution in [2.75, 3.05) is 0 Å². The largest absolute Gasteiger partial charge is 0.259 e. The Morgan fingerprint density at radius 3 is 2.90 bits per heavy atom. The fourth-order valence-corrected chi connectivity index (χ4v) is 0.682. The molecule has 4 heteroatoms. The summed E-state index contributed by atoms with van der Waals surface area (Å²) >= 11 is 0. The average Bonchev–Trinajstić information content (AvgIpc) is 2.05. The predicted octanol–water partition coefficient (Wildman–Crippen LogP) is -1.25. The van der Waals surface area contributed by atoms with E-state index in [1.807, 2.05) is 0 Å². The molecule has 0 saturated heterocycles. The van der Waals surface area contributed by atoms with E-state index in [0.717, 1.165) is 5.48 Å². The molecule has 0 spiro atoms. The minimum atomic E-state index is 0.447. The second-order valence-corrected chi connectivity index (χ2v) is 1.86. The monoisotopic (exact) mass is 140 g/mol. The molecule has 0 aliphatic heterocycles. The summed E-state index contributed by atoms with van der Waals surface area (Å²) in [5.74, 6) is 0. The van der Waals surface area contributed by atoms with Crippen molar-refractivity contribution < 1.29 is 15.9 Å². The van der Waals surface area contributed by atoms with Gasteiger partial charge in [-0.3, -0.25) is 0 Å². The Balaban J connectivity index is 2.98. The van der Waals surface area contributed by atoms with Gasteiger partial charge in [-0.05, 0) is 6.07 Å². The maximum absolute atomic E-state index is 10.1. The Morgan fingerprint density at radius 2 is 2.30 bits per heavy atom. The van der Waals surface area contributed by atoms with Crippen LogP contribution in [0.3, 0.4) is 0 Å². The van der Waals surface area contributed by atoms with Crippen LogP contribution in [-0.2, 0) is 0 Å². The summed E-state index contributed by atoms with van der Waals surface area (Å²) in [4.78, 5) is 10.1. The molecular weight excluding hydrogens is 132 g/mol. The lowest BCUT2D eigenvalue weighted by molar-refractivity contribution is -0.825. The molecule has 1 rings (SSSR count). The van der Waals surface area contributed by atoms with E-state index in [1.54, 1.807) is 29.4 Å². The molecule has 0 radical (unpaired) electrons. The highest BCUT2D eigenvalue weighted by molar-refractivity contribution is 5.40. The Kier molecular flexibility index (Phi) is 2.09. The Bertz CT molecular complexity index is 237. The number of rotatable bonds is 2. The highest BCUT2D eigenvalue weighted by atomic mass is 16.5. The topological polar surface area (TPSA) is 67.9 Å². The van der Waals surface area contributed by atoms with Gasteiger partial charge in [0.25, 0.3) is 5.69 Å². The van der Waals surface area contributed by atoms with Crippen LogP contribution in [0, 0.1) is 4.91 Å². The lowest BCUT2D eigenvalue weighted by atomic mass is 10.3. The van der Waals surface area contributed by atoms with Crippen LogP contribution in [0.4, 0.5) is 11.4 Å². The molecule has 0 fully saturated rings. The van der Waals surface area contributed by atoms with Crippen molar-refractivity contribution in [3.8, 4) is 0 Å². The average molecular weight is 140 g/mol. The molecule has 52 valence electrons. The SMILES string of the molecule is O=[NH+]c1cccc([NH2+]O)c1. The van der Waals surface area contributed by atoms with E-state index in [-0.39, 0.29) is 0 Å². The summed E-state index contributed by atoms with van der Waals surface area (Å²) in [6.07, 6.45) is 0. The van der Waals surface area contributed by atoms with Crippen molar-refractivity contribution in [1.82, 2.24) is 0 Å². The van der Waals surface area contributed by atoms with E-state index in [2.05, 4.69) is 0 Å². The standard InChI is InChI=1S/C6H6N2O2/c9-7-5-2-1-3-6(4-5)8-10/h1-4,7,9H/p+2. The summed E-state index contributed by atoms with van der Waals surface area (Å²) in [5, 5.41) is 10.2. The first-order valence-electron chi connectivity index (χ1n) is 2.82. The van der Waals surface area contributed by atoms with Gasteiger partial charge >= 0.3 is 0 Å². The zero-order valence-electron chi connectivity index (χ0n) is 5.24. The highest BCUT2D eigenvalue weighted by Gasteiger charge is 2.00. The van der Waals surface area contributed by atoms with Crippen LogP contribution >= 0.6 is 0 Å². The fourth-order valence-electron chi connectivity index (χ4n) is 0.682. The number of nitroso groups, excluding NO2 is 1. The predicted molar refractivity (Wildman–Crippen MR) is 33.8 cm³/mol. The molecule has 0 aliphatic rings. The Labute approximate surface area is 57.4 Å². The maximum Gasteiger partial charge on any atom is 0.259 e. The van der Waals surface area contributed by atoms with Gasteiger partial charge in [-0.25, -0.2) is 5.21 Å². The van der Waals surface area contributed by atoms with Gasteiger partial charge in [0.15, 0.2) is 5.69 Å². The van der Waals surface area contributed by atoms with Crippen LogP contribution in [0.2, 0.25) is 0 Å². The van der Waals surface area contributed by atoms with Crippen molar-refractivity contribution in [3.05, 3.63) is 29.2 Å². The van der Waals surface area contributed by atoms with Gasteiger partial charge < -0.3 is 0 Å². The zero-order valence-corrected chi connectivity index (χ0v) is 5.24. The fraction of sp³-hybridized carbons (Fsp3) is 0. The Morgan fingerprint density at radius 1 is 1.50 bits per heavy atom. The van der Waals surface area contributed by atoms with Gasteiger partial charge in [0.05, 0.1) is 6.07 Å². The number of hydrogen-bond donors (Lipinski definition) is 3. The van der Waals surface area contributed by atoms with E-state index < -0.39 is 0 Å². The second-order valence-electron chi connectivity index (χ2n) is 1.86. The number of benzene rings is 1. The summed E-state index contributed by atoms with van der Waals surface area (Å²) in [6.45, 7) is 0. The molecule has 0 bridgehead atoms. The Hall–Kier alpha value is -1.26. The zero-order chi connectivity index (χ0) is 7.40. The molecule has 1 aromatic rings. The van der Waals surface area contributed by atoms with Crippen LogP contribution < -0.4 is 10.7 Å². The van der Waals surface area contributed by atoms with Crippen LogP contribution in [0.15, 0.2) is 24.3 Å². The third-order valence-corrected chi connectivity index (χ3v) is 1.15. The molecule has 0 aliphatic carbocycles. The number of nitrogens with one attached hydrogen (secondary N) is 1. The van der Waals surface area contributed by atoms with Crippen LogP contribution in [0.1, 0.15) is 0 Å². The van der Waals surface area contributed by atoms with Gasteiger partial charge in [-0.1, -0.05) is 0 Å². The summed E-state index contributed by atoms with van der Waals surface area (Å²) < 4.78 is 0. The van der Waals surface area contributed by atoms with Gasteiger partial charge in [-0.15, -0.1) is 0 Å². The van der Waals surface area contributed by atoms with Gasteiger partial charge in [0, 0.05) is 22.2 Å². The van der Waals surface area contributed by atoms with Crippen LogP contribution in [0.5, 0.6) is 0 Å². The molecule has 0 saturated carbocycles. The highest BCUT2D eigenvalue weighted by Crippen LogP contribution is 2.03. The first-order valence-corrected chi connectivity index (χ1v) is 2.82. The summed E-state index contributed by atoms with van der Waals surface area (Å²) in [6, 6.07) is 6.55. The van der Waals surface area contributed by atoms with E-state index in [0.29, 0.717) is 11.4 Å². The number of quaternary nitrogens is 1. The summed E-state index contributed by atoms with van der Waals surface area (Å²) in [5.41, 5.74) is 2.00. The lowest BCUT2D eigenvalue weighted by Gasteiger charge is -1.86. The lowest BCUT2D eigenvalue weighted by Crippen LogP contribution is -2.73. The smallest absolute Gasteiger partial charge is 0.215 e. The van der Waals surface area contributed by atoms with Gasteiger partial charge in [0.2, 0.25) is 0 Å². The first-order chi connectivity index (χ1) is 4.86. The molecule has 0 heterocycles. The van der Waals surface area contributed by atoms with Gasteiger partial charge in [0.1, 0.15) is 0 Å². The molecule has 0 atom stereocenters.